The Morgan fingerprint density at radius 3 is 3.08 bits per heavy atom. The van der Waals surface area contributed by atoms with Crippen molar-refractivity contribution in [2.75, 3.05) is 0 Å². The summed E-state index contributed by atoms with van der Waals surface area (Å²) in [5, 5.41) is 6.59. The first-order valence-corrected chi connectivity index (χ1v) is 4.08. The van der Waals surface area contributed by atoms with Crippen LogP contribution in [-0.2, 0) is 6.42 Å². The van der Waals surface area contributed by atoms with E-state index >= 15 is 0 Å². The Morgan fingerprint density at radius 2 is 2.50 bits per heavy atom. The molecule has 12 heavy (non-hydrogen) atoms. The minimum absolute atomic E-state index is 0.408. The largest absolute Gasteiger partial charge is 0.365 e. The highest BCUT2D eigenvalue weighted by molar-refractivity contribution is 5.93. The average molecular weight is 167 g/mol. The molecule has 0 bridgehead atoms. The molecule has 0 aromatic carbocycles. The number of rotatable bonds is 4. The zero-order valence-corrected chi connectivity index (χ0v) is 7.13. The van der Waals surface area contributed by atoms with Crippen molar-refractivity contribution < 1.29 is 4.79 Å². The normalized spacial score (nSPS) is 10.1. The van der Waals surface area contributed by atoms with Gasteiger partial charge in [-0.25, -0.2) is 0 Å². The van der Waals surface area contributed by atoms with E-state index in [4.69, 9.17) is 5.73 Å². The molecule has 1 amide bonds. The average Bonchev–Trinajstić information content (AvgIpc) is 2.48. The fraction of sp³-hybridized carbons (Fsp3) is 0.500. The summed E-state index contributed by atoms with van der Waals surface area (Å²) in [5.74, 6) is -0.408. The van der Waals surface area contributed by atoms with Crippen molar-refractivity contribution in [1.29, 1.82) is 0 Å². The van der Waals surface area contributed by atoms with E-state index in [-0.39, 0.29) is 0 Å². The summed E-state index contributed by atoms with van der Waals surface area (Å²) in [6.07, 6.45) is 4.49. The quantitative estimate of drug-likeness (QED) is 0.697. The summed E-state index contributed by atoms with van der Waals surface area (Å²) >= 11 is 0. The molecule has 0 aliphatic carbocycles. The first-order chi connectivity index (χ1) is 5.75. The highest BCUT2D eigenvalue weighted by Crippen LogP contribution is 2.07. The van der Waals surface area contributed by atoms with Crippen molar-refractivity contribution in [3.05, 3.63) is 17.5 Å². The second kappa shape index (κ2) is 3.90. The first-order valence-electron chi connectivity index (χ1n) is 4.08. The molecule has 4 nitrogen and oxygen atoms in total. The summed E-state index contributed by atoms with van der Waals surface area (Å²) in [7, 11) is 0. The number of carbonyl (C=O) groups is 1. The van der Waals surface area contributed by atoms with Gasteiger partial charge in [-0.05, 0) is 12.8 Å². The molecule has 0 saturated carbocycles. The van der Waals surface area contributed by atoms with E-state index in [1.807, 2.05) is 0 Å². The molecule has 3 N–H and O–H groups in total. The van der Waals surface area contributed by atoms with Crippen molar-refractivity contribution in [3.63, 3.8) is 0 Å². The smallest absolute Gasteiger partial charge is 0.252 e. The topological polar surface area (TPSA) is 71.8 Å². The van der Waals surface area contributed by atoms with Crippen LogP contribution in [0.2, 0.25) is 0 Å². The van der Waals surface area contributed by atoms with Crippen LogP contribution >= 0.6 is 0 Å². The Labute approximate surface area is 71.2 Å². The second-order valence-electron chi connectivity index (χ2n) is 2.71. The Hall–Kier alpha value is -1.32. The molecule has 0 unspecified atom stereocenters. The number of hydrogen-bond acceptors (Lipinski definition) is 2. The number of H-pyrrole nitrogens is 1. The van der Waals surface area contributed by atoms with Gasteiger partial charge in [0.05, 0.1) is 11.3 Å². The van der Waals surface area contributed by atoms with Crippen LogP contribution in [0.15, 0.2) is 6.20 Å². The minimum Gasteiger partial charge on any atom is -0.365 e. The number of amides is 1. The summed E-state index contributed by atoms with van der Waals surface area (Å²) in [6.45, 7) is 2.09. The Bertz CT molecular complexity index is 267. The van der Waals surface area contributed by atoms with E-state index in [2.05, 4.69) is 17.1 Å². The maximum atomic E-state index is 10.8. The van der Waals surface area contributed by atoms with E-state index in [0.29, 0.717) is 5.56 Å². The molecule has 1 aromatic heterocycles. The van der Waals surface area contributed by atoms with Gasteiger partial charge in [0.1, 0.15) is 0 Å². The maximum Gasteiger partial charge on any atom is 0.252 e. The van der Waals surface area contributed by atoms with Crippen molar-refractivity contribution in [1.82, 2.24) is 10.2 Å². The molecule has 1 heterocycles. The van der Waals surface area contributed by atoms with Gasteiger partial charge in [-0.15, -0.1) is 0 Å². The van der Waals surface area contributed by atoms with Crippen LogP contribution in [0.4, 0.5) is 0 Å². The third kappa shape index (κ3) is 1.84. The number of unbranched alkanes of at least 4 members (excludes halogenated alkanes) is 1. The lowest BCUT2D eigenvalue weighted by Crippen LogP contribution is -2.12. The number of nitrogens with zero attached hydrogens (tertiary/aromatic N) is 1. The highest BCUT2D eigenvalue weighted by atomic mass is 16.1. The van der Waals surface area contributed by atoms with E-state index in [0.717, 1.165) is 25.0 Å². The second-order valence-corrected chi connectivity index (χ2v) is 2.71. The number of aromatic amines is 1. The SMILES string of the molecule is CCCCc1n[nH]cc1C(N)=O. The van der Waals surface area contributed by atoms with E-state index < -0.39 is 5.91 Å². The van der Waals surface area contributed by atoms with Crippen molar-refractivity contribution in [2.45, 2.75) is 26.2 Å². The van der Waals surface area contributed by atoms with Crippen LogP contribution in [0.1, 0.15) is 35.8 Å². The van der Waals surface area contributed by atoms with Crippen molar-refractivity contribution in [2.24, 2.45) is 5.73 Å². The van der Waals surface area contributed by atoms with E-state index in [1.165, 1.54) is 0 Å². The van der Waals surface area contributed by atoms with Crippen molar-refractivity contribution in [3.8, 4) is 0 Å². The fourth-order valence-corrected chi connectivity index (χ4v) is 1.07. The van der Waals surface area contributed by atoms with Gasteiger partial charge in [0.25, 0.3) is 5.91 Å². The lowest BCUT2D eigenvalue weighted by atomic mass is 10.1. The van der Waals surface area contributed by atoms with E-state index in [1.54, 1.807) is 6.20 Å². The van der Waals surface area contributed by atoms with Gasteiger partial charge in [0, 0.05) is 6.20 Å². The lowest BCUT2D eigenvalue weighted by molar-refractivity contribution is 0.0999. The molecule has 66 valence electrons. The van der Waals surface area contributed by atoms with Crippen LogP contribution in [0.25, 0.3) is 0 Å². The molecule has 1 rings (SSSR count). The van der Waals surface area contributed by atoms with Gasteiger partial charge in [0.15, 0.2) is 0 Å². The lowest BCUT2D eigenvalue weighted by Gasteiger charge is -1.95. The summed E-state index contributed by atoms with van der Waals surface area (Å²) in [4.78, 5) is 10.8. The summed E-state index contributed by atoms with van der Waals surface area (Å²) in [6, 6.07) is 0. The van der Waals surface area contributed by atoms with Gasteiger partial charge in [-0.1, -0.05) is 13.3 Å². The molecular formula is C8H13N3O. The minimum atomic E-state index is -0.408. The number of hydrogen-bond donors (Lipinski definition) is 2. The standard InChI is InChI=1S/C8H13N3O/c1-2-3-4-7-6(8(9)12)5-10-11-7/h5H,2-4H2,1H3,(H2,9,12)(H,10,11). The first kappa shape index (κ1) is 8.77. The number of aryl methyl sites for hydroxylation is 1. The Balaban J connectivity index is 2.70. The van der Waals surface area contributed by atoms with Gasteiger partial charge in [-0.3, -0.25) is 9.89 Å². The van der Waals surface area contributed by atoms with Gasteiger partial charge >= 0.3 is 0 Å². The molecule has 0 spiro atoms. The van der Waals surface area contributed by atoms with E-state index in [9.17, 15) is 4.79 Å². The van der Waals surface area contributed by atoms with Gasteiger partial charge in [-0.2, -0.15) is 5.10 Å². The maximum absolute atomic E-state index is 10.8. The Morgan fingerprint density at radius 1 is 1.75 bits per heavy atom. The van der Waals surface area contributed by atoms with Crippen LogP contribution in [0.3, 0.4) is 0 Å². The summed E-state index contributed by atoms with van der Waals surface area (Å²) in [5.41, 5.74) is 6.43. The molecule has 0 aliphatic rings. The number of nitrogens with two attached hydrogens (primary N) is 1. The van der Waals surface area contributed by atoms with Gasteiger partial charge < -0.3 is 5.73 Å². The third-order valence-corrected chi connectivity index (χ3v) is 1.75. The van der Waals surface area contributed by atoms with Crippen LogP contribution in [0, 0.1) is 0 Å². The molecular weight excluding hydrogens is 154 g/mol. The summed E-state index contributed by atoms with van der Waals surface area (Å²) < 4.78 is 0. The predicted molar refractivity (Wildman–Crippen MR) is 45.7 cm³/mol. The third-order valence-electron chi connectivity index (χ3n) is 1.75. The molecule has 1 aromatic rings. The molecule has 0 aliphatic heterocycles. The zero-order valence-electron chi connectivity index (χ0n) is 7.13. The van der Waals surface area contributed by atoms with Crippen molar-refractivity contribution >= 4 is 5.91 Å². The van der Waals surface area contributed by atoms with Crippen LogP contribution in [-0.4, -0.2) is 16.1 Å². The number of aromatic nitrogens is 2. The van der Waals surface area contributed by atoms with Crippen LogP contribution < -0.4 is 5.73 Å². The van der Waals surface area contributed by atoms with Crippen LogP contribution in [0.5, 0.6) is 0 Å². The highest BCUT2D eigenvalue weighted by Gasteiger charge is 2.09. The molecule has 0 atom stereocenters. The molecule has 0 radical (unpaired) electrons. The molecule has 4 heteroatoms. The molecule has 0 saturated heterocycles. The van der Waals surface area contributed by atoms with Gasteiger partial charge in [0.2, 0.25) is 0 Å². The zero-order chi connectivity index (χ0) is 8.97. The number of primary amides is 1. The number of carbonyl (C=O) groups excluding carboxylic acids is 1. The monoisotopic (exact) mass is 167 g/mol. The fourth-order valence-electron chi connectivity index (χ4n) is 1.07. The molecule has 0 fully saturated rings. The Kier molecular flexibility index (Phi) is 2.85. The number of nitrogens with one attached hydrogen (secondary N) is 1. The predicted octanol–water partition coefficient (Wildman–Crippen LogP) is 0.851.